The van der Waals surface area contributed by atoms with Crippen molar-refractivity contribution in [2.24, 2.45) is 0 Å². The average molecular weight is 292 g/mol. The molecule has 0 aliphatic carbocycles. The lowest BCUT2D eigenvalue weighted by molar-refractivity contribution is -0.0829. The van der Waals surface area contributed by atoms with Crippen molar-refractivity contribution < 1.29 is 23.7 Å². The second kappa shape index (κ2) is 4.76. The molecule has 9 heteroatoms. The van der Waals surface area contributed by atoms with Crippen LogP contribution in [0.5, 0.6) is 0 Å². The van der Waals surface area contributed by atoms with Crippen LogP contribution >= 0.6 is 0 Å². The van der Waals surface area contributed by atoms with E-state index in [1.165, 1.54) is 6.92 Å². The summed E-state index contributed by atoms with van der Waals surface area (Å²) in [5, 5.41) is 19.2. The normalized spacial score (nSPS) is 35.2. The third-order valence-electron chi connectivity index (χ3n) is 3.31. The highest BCUT2D eigenvalue weighted by Gasteiger charge is 2.56. The van der Waals surface area contributed by atoms with Crippen LogP contribution in [0.15, 0.2) is 15.8 Å². The fourth-order valence-electron chi connectivity index (χ4n) is 2.17. The monoisotopic (exact) mass is 292 g/mol. The summed E-state index contributed by atoms with van der Waals surface area (Å²) in [5.74, 6) is -1.29. The van der Waals surface area contributed by atoms with Crippen LogP contribution in [0.1, 0.15) is 20.1 Å². The SMILES string of the molecule is C[C@H](O)[C@H]1O[C@@H](n2cc(F)c(=O)[nH]c2=O)[C@@](C)(F)[C@@H]1O. The number of halogens is 2. The number of alkyl halides is 1. The van der Waals surface area contributed by atoms with Crippen molar-refractivity contribution in [3.05, 3.63) is 32.9 Å². The molecule has 5 atom stereocenters. The van der Waals surface area contributed by atoms with Crippen molar-refractivity contribution in [2.75, 3.05) is 0 Å². The van der Waals surface area contributed by atoms with Crippen molar-refractivity contribution in [3.63, 3.8) is 0 Å². The molecule has 1 saturated heterocycles. The van der Waals surface area contributed by atoms with Crippen LogP contribution in [0.25, 0.3) is 0 Å². The van der Waals surface area contributed by atoms with Crippen molar-refractivity contribution in [2.45, 2.75) is 44.1 Å². The smallest absolute Gasteiger partial charge is 0.330 e. The van der Waals surface area contributed by atoms with Gasteiger partial charge in [0.2, 0.25) is 5.82 Å². The Balaban J connectivity index is 2.51. The van der Waals surface area contributed by atoms with Gasteiger partial charge in [-0.3, -0.25) is 14.3 Å². The second-order valence-electron chi connectivity index (χ2n) is 4.93. The van der Waals surface area contributed by atoms with E-state index in [0.29, 0.717) is 10.8 Å². The second-order valence-corrected chi connectivity index (χ2v) is 4.93. The molecular formula is C11H14F2N2O5. The van der Waals surface area contributed by atoms with Crippen LogP contribution in [-0.2, 0) is 4.74 Å². The number of rotatable bonds is 2. The van der Waals surface area contributed by atoms with Gasteiger partial charge < -0.3 is 14.9 Å². The summed E-state index contributed by atoms with van der Waals surface area (Å²) >= 11 is 0. The van der Waals surface area contributed by atoms with E-state index in [9.17, 15) is 28.6 Å². The Morgan fingerprint density at radius 1 is 1.55 bits per heavy atom. The fourth-order valence-corrected chi connectivity index (χ4v) is 2.17. The summed E-state index contributed by atoms with van der Waals surface area (Å²) in [6.07, 6.45) is -5.36. The first-order chi connectivity index (χ1) is 9.16. The summed E-state index contributed by atoms with van der Waals surface area (Å²) in [4.78, 5) is 24.2. The lowest BCUT2D eigenvalue weighted by Gasteiger charge is -2.24. The van der Waals surface area contributed by atoms with E-state index in [1.54, 1.807) is 4.98 Å². The number of aliphatic hydroxyl groups is 2. The molecule has 0 spiro atoms. The maximum absolute atomic E-state index is 14.5. The van der Waals surface area contributed by atoms with Crippen LogP contribution < -0.4 is 11.2 Å². The molecule has 0 radical (unpaired) electrons. The van der Waals surface area contributed by atoms with Gasteiger partial charge in [0.25, 0.3) is 5.56 Å². The predicted molar refractivity (Wildman–Crippen MR) is 62.4 cm³/mol. The van der Waals surface area contributed by atoms with Gasteiger partial charge in [-0.1, -0.05) is 0 Å². The zero-order chi connectivity index (χ0) is 15.2. The number of hydrogen-bond donors (Lipinski definition) is 3. The Labute approximate surface area is 111 Å². The van der Waals surface area contributed by atoms with Gasteiger partial charge in [-0.2, -0.15) is 4.39 Å². The first-order valence-electron chi connectivity index (χ1n) is 5.87. The summed E-state index contributed by atoms with van der Waals surface area (Å²) in [6.45, 7) is 2.24. The number of ether oxygens (including phenoxy) is 1. The molecular weight excluding hydrogens is 278 g/mol. The molecule has 20 heavy (non-hydrogen) atoms. The van der Waals surface area contributed by atoms with Gasteiger partial charge >= 0.3 is 5.69 Å². The van der Waals surface area contributed by atoms with E-state index in [4.69, 9.17) is 4.74 Å². The van der Waals surface area contributed by atoms with E-state index in [1.807, 2.05) is 0 Å². The molecule has 1 fully saturated rings. The number of aromatic nitrogens is 2. The third-order valence-corrected chi connectivity index (χ3v) is 3.31. The summed E-state index contributed by atoms with van der Waals surface area (Å²) in [6, 6.07) is 0. The predicted octanol–water partition coefficient (Wildman–Crippen LogP) is -0.957. The molecule has 3 N–H and O–H groups in total. The van der Waals surface area contributed by atoms with Gasteiger partial charge in [0.15, 0.2) is 11.9 Å². The molecule has 1 aromatic heterocycles. The number of H-pyrrole nitrogens is 1. The molecule has 1 aliphatic heterocycles. The molecule has 1 aromatic rings. The molecule has 112 valence electrons. The summed E-state index contributed by atoms with van der Waals surface area (Å²) in [7, 11) is 0. The van der Waals surface area contributed by atoms with Crippen LogP contribution in [0.3, 0.4) is 0 Å². The van der Waals surface area contributed by atoms with Crippen molar-refractivity contribution in [1.82, 2.24) is 9.55 Å². The standard InChI is InChI=1S/C11H14F2N2O5/c1-4(16)6-7(17)11(2,13)9(20-6)15-3-5(12)8(18)14-10(15)19/h3-4,6-7,9,16-17H,1-2H3,(H,14,18,19)/t4-,6+,7+,9+,11-/m0/s1. The highest BCUT2D eigenvalue weighted by Crippen LogP contribution is 2.41. The Morgan fingerprint density at radius 3 is 2.65 bits per heavy atom. The Kier molecular flexibility index (Phi) is 3.53. The van der Waals surface area contributed by atoms with Crippen LogP contribution in [-0.4, -0.2) is 43.7 Å². The highest BCUT2D eigenvalue weighted by molar-refractivity contribution is 5.03. The molecule has 0 saturated carbocycles. The Morgan fingerprint density at radius 2 is 2.15 bits per heavy atom. The molecule has 0 bridgehead atoms. The van der Waals surface area contributed by atoms with Crippen LogP contribution in [0, 0.1) is 5.82 Å². The van der Waals surface area contributed by atoms with Crippen LogP contribution in [0.2, 0.25) is 0 Å². The van der Waals surface area contributed by atoms with E-state index >= 15 is 0 Å². The average Bonchev–Trinajstić information content (AvgIpc) is 2.56. The minimum atomic E-state index is -2.45. The van der Waals surface area contributed by atoms with E-state index < -0.39 is 47.3 Å². The molecule has 0 aromatic carbocycles. The largest absolute Gasteiger partial charge is 0.391 e. The van der Waals surface area contributed by atoms with Gasteiger partial charge in [-0.15, -0.1) is 0 Å². The zero-order valence-corrected chi connectivity index (χ0v) is 10.7. The van der Waals surface area contributed by atoms with E-state index in [0.717, 1.165) is 6.92 Å². The summed E-state index contributed by atoms with van der Waals surface area (Å²) in [5.41, 5.74) is -4.77. The molecule has 2 rings (SSSR count). The summed E-state index contributed by atoms with van der Waals surface area (Å²) < 4.78 is 33.4. The minimum absolute atomic E-state index is 0.501. The molecule has 0 unspecified atom stereocenters. The molecule has 2 heterocycles. The minimum Gasteiger partial charge on any atom is -0.391 e. The molecule has 7 nitrogen and oxygen atoms in total. The molecule has 1 aliphatic rings. The number of aliphatic hydroxyl groups excluding tert-OH is 2. The van der Waals surface area contributed by atoms with Gasteiger partial charge in [0.05, 0.1) is 12.3 Å². The maximum atomic E-state index is 14.5. The Bertz CT molecular complexity index is 624. The first-order valence-corrected chi connectivity index (χ1v) is 5.87. The maximum Gasteiger partial charge on any atom is 0.330 e. The van der Waals surface area contributed by atoms with Crippen LogP contribution in [0.4, 0.5) is 8.78 Å². The number of hydrogen-bond acceptors (Lipinski definition) is 5. The van der Waals surface area contributed by atoms with Crippen molar-refractivity contribution in [3.8, 4) is 0 Å². The van der Waals surface area contributed by atoms with E-state index in [2.05, 4.69) is 0 Å². The number of nitrogens with one attached hydrogen (secondary N) is 1. The number of aromatic amines is 1. The van der Waals surface area contributed by atoms with Gasteiger partial charge in [0, 0.05) is 0 Å². The molecule has 0 amide bonds. The lowest BCUT2D eigenvalue weighted by Crippen LogP contribution is -2.45. The third kappa shape index (κ3) is 2.17. The fraction of sp³-hybridized carbons (Fsp3) is 0.636. The highest BCUT2D eigenvalue weighted by atomic mass is 19.1. The zero-order valence-electron chi connectivity index (χ0n) is 10.7. The van der Waals surface area contributed by atoms with Gasteiger partial charge in [-0.05, 0) is 13.8 Å². The van der Waals surface area contributed by atoms with Crippen molar-refractivity contribution in [1.29, 1.82) is 0 Å². The van der Waals surface area contributed by atoms with E-state index in [-0.39, 0.29) is 0 Å². The van der Waals surface area contributed by atoms with Crippen molar-refractivity contribution >= 4 is 0 Å². The number of nitrogens with zero attached hydrogens (tertiary/aromatic N) is 1. The van der Waals surface area contributed by atoms with Gasteiger partial charge in [0.1, 0.15) is 12.2 Å². The quantitative estimate of drug-likeness (QED) is 0.651. The van der Waals surface area contributed by atoms with Gasteiger partial charge in [-0.25, -0.2) is 9.18 Å². The lowest BCUT2D eigenvalue weighted by atomic mass is 9.96. The Hall–Kier alpha value is -1.58. The topological polar surface area (TPSA) is 105 Å². The first kappa shape index (κ1) is 14.8.